The van der Waals surface area contributed by atoms with E-state index in [9.17, 15) is 4.79 Å². The van der Waals surface area contributed by atoms with Crippen LogP contribution in [0, 0.1) is 0 Å². The maximum atomic E-state index is 12.5. The summed E-state index contributed by atoms with van der Waals surface area (Å²) in [4.78, 5) is 12.5. The van der Waals surface area contributed by atoms with Crippen molar-refractivity contribution in [3.05, 3.63) is 59.7 Å². The van der Waals surface area contributed by atoms with E-state index in [-0.39, 0.29) is 6.03 Å². The fourth-order valence-corrected chi connectivity index (χ4v) is 2.59. The van der Waals surface area contributed by atoms with Gasteiger partial charge in [0.25, 0.3) is 0 Å². The standard InChI is InChI=1S/C19H24N2O3/c1-19(2,15-10-6-8-12-17(15)24-4)21-18(22)20-16-11-7-5-9-14(16)13-23-3/h5-12H,13H2,1-4H3,(H2,20,21,22). The summed E-state index contributed by atoms with van der Waals surface area (Å²) >= 11 is 0. The summed E-state index contributed by atoms with van der Waals surface area (Å²) in [5.41, 5.74) is 1.97. The number of para-hydroxylation sites is 2. The Morgan fingerprint density at radius 2 is 1.71 bits per heavy atom. The first-order valence-corrected chi connectivity index (χ1v) is 7.77. The highest BCUT2D eigenvalue weighted by molar-refractivity contribution is 5.90. The highest BCUT2D eigenvalue weighted by atomic mass is 16.5. The summed E-state index contributed by atoms with van der Waals surface area (Å²) in [6, 6.07) is 14.9. The molecule has 0 heterocycles. The van der Waals surface area contributed by atoms with Gasteiger partial charge in [-0.1, -0.05) is 36.4 Å². The van der Waals surface area contributed by atoms with Crippen molar-refractivity contribution in [2.75, 3.05) is 19.5 Å². The monoisotopic (exact) mass is 328 g/mol. The van der Waals surface area contributed by atoms with Crippen LogP contribution in [0.15, 0.2) is 48.5 Å². The number of carbonyl (C=O) groups excluding carboxylic acids is 1. The van der Waals surface area contributed by atoms with Gasteiger partial charge in [0.05, 0.1) is 19.3 Å². The van der Waals surface area contributed by atoms with Crippen LogP contribution in [0.5, 0.6) is 5.75 Å². The molecule has 24 heavy (non-hydrogen) atoms. The van der Waals surface area contributed by atoms with Crippen molar-refractivity contribution in [2.45, 2.75) is 26.0 Å². The van der Waals surface area contributed by atoms with Crippen molar-refractivity contribution in [2.24, 2.45) is 0 Å². The number of methoxy groups -OCH3 is 2. The Morgan fingerprint density at radius 1 is 1.04 bits per heavy atom. The Balaban J connectivity index is 2.14. The number of rotatable bonds is 6. The number of anilines is 1. The minimum absolute atomic E-state index is 0.283. The largest absolute Gasteiger partial charge is 0.496 e. The van der Waals surface area contributed by atoms with E-state index in [0.717, 1.165) is 22.6 Å². The second-order valence-electron chi connectivity index (χ2n) is 5.99. The third-order valence-corrected chi connectivity index (χ3v) is 3.77. The minimum Gasteiger partial charge on any atom is -0.496 e. The molecule has 0 aliphatic carbocycles. The van der Waals surface area contributed by atoms with Gasteiger partial charge in [0, 0.05) is 23.9 Å². The van der Waals surface area contributed by atoms with Crippen molar-refractivity contribution < 1.29 is 14.3 Å². The molecule has 2 aromatic carbocycles. The zero-order valence-corrected chi connectivity index (χ0v) is 14.6. The van der Waals surface area contributed by atoms with Crippen molar-refractivity contribution >= 4 is 11.7 Å². The molecule has 0 bridgehead atoms. The van der Waals surface area contributed by atoms with Gasteiger partial charge in [-0.05, 0) is 26.0 Å². The summed E-state index contributed by atoms with van der Waals surface area (Å²) in [7, 11) is 3.25. The van der Waals surface area contributed by atoms with Gasteiger partial charge in [0.1, 0.15) is 5.75 Å². The van der Waals surface area contributed by atoms with E-state index in [1.165, 1.54) is 0 Å². The van der Waals surface area contributed by atoms with Gasteiger partial charge >= 0.3 is 6.03 Å². The van der Waals surface area contributed by atoms with Crippen molar-refractivity contribution in [1.82, 2.24) is 5.32 Å². The number of hydrogen-bond acceptors (Lipinski definition) is 3. The third-order valence-electron chi connectivity index (χ3n) is 3.77. The topological polar surface area (TPSA) is 59.6 Å². The average molecular weight is 328 g/mol. The number of carbonyl (C=O) groups is 1. The molecular formula is C19H24N2O3. The fourth-order valence-electron chi connectivity index (χ4n) is 2.59. The first-order chi connectivity index (χ1) is 11.5. The van der Waals surface area contributed by atoms with Gasteiger partial charge in [-0.15, -0.1) is 0 Å². The lowest BCUT2D eigenvalue weighted by atomic mass is 9.93. The van der Waals surface area contributed by atoms with Crippen LogP contribution >= 0.6 is 0 Å². The molecule has 2 amide bonds. The second-order valence-corrected chi connectivity index (χ2v) is 5.99. The summed E-state index contributed by atoms with van der Waals surface area (Å²) in [5, 5.41) is 5.88. The summed E-state index contributed by atoms with van der Waals surface area (Å²) in [6.45, 7) is 4.31. The highest BCUT2D eigenvalue weighted by Crippen LogP contribution is 2.29. The van der Waals surface area contributed by atoms with Crippen LogP contribution in [-0.4, -0.2) is 20.3 Å². The van der Waals surface area contributed by atoms with Crippen LogP contribution in [0.4, 0.5) is 10.5 Å². The number of nitrogens with one attached hydrogen (secondary N) is 2. The molecule has 2 N–H and O–H groups in total. The number of amides is 2. The molecule has 0 saturated carbocycles. The quantitative estimate of drug-likeness (QED) is 0.845. The minimum atomic E-state index is -0.590. The molecule has 0 radical (unpaired) electrons. The van der Waals surface area contributed by atoms with Crippen molar-refractivity contribution in [3.8, 4) is 5.75 Å². The van der Waals surface area contributed by atoms with Gasteiger partial charge in [-0.3, -0.25) is 0 Å². The maximum Gasteiger partial charge on any atom is 0.319 e. The summed E-state index contributed by atoms with van der Waals surface area (Å²) < 4.78 is 10.6. The number of urea groups is 1. The van der Waals surface area contributed by atoms with E-state index in [1.54, 1.807) is 14.2 Å². The Hall–Kier alpha value is -2.53. The Morgan fingerprint density at radius 3 is 2.42 bits per heavy atom. The van der Waals surface area contributed by atoms with E-state index in [2.05, 4.69) is 10.6 Å². The van der Waals surface area contributed by atoms with Gasteiger partial charge in [0.2, 0.25) is 0 Å². The molecule has 2 rings (SSSR count). The number of benzene rings is 2. The van der Waals surface area contributed by atoms with Crippen LogP contribution in [0.25, 0.3) is 0 Å². The molecular weight excluding hydrogens is 304 g/mol. The second kappa shape index (κ2) is 7.84. The van der Waals surface area contributed by atoms with E-state index in [4.69, 9.17) is 9.47 Å². The lowest BCUT2D eigenvalue weighted by Crippen LogP contribution is -2.43. The van der Waals surface area contributed by atoms with E-state index in [1.807, 2.05) is 62.4 Å². The lowest BCUT2D eigenvalue weighted by molar-refractivity contribution is 0.185. The fraction of sp³-hybridized carbons (Fsp3) is 0.316. The molecule has 5 heteroatoms. The van der Waals surface area contributed by atoms with Crippen LogP contribution in [-0.2, 0) is 16.9 Å². The first-order valence-electron chi connectivity index (χ1n) is 7.77. The molecule has 5 nitrogen and oxygen atoms in total. The van der Waals surface area contributed by atoms with Gasteiger partial charge in [-0.25, -0.2) is 4.79 Å². The Kier molecular flexibility index (Phi) is 5.82. The van der Waals surface area contributed by atoms with E-state index >= 15 is 0 Å². The smallest absolute Gasteiger partial charge is 0.319 e. The van der Waals surface area contributed by atoms with Crippen LogP contribution in [0.1, 0.15) is 25.0 Å². The Labute approximate surface area is 143 Å². The number of hydrogen-bond donors (Lipinski definition) is 2. The van der Waals surface area contributed by atoms with Gasteiger partial charge < -0.3 is 20.1 Å². The molecule has 2 aromatic rings. The summed E-state index contributed by atoms with van der Waals surface area (Å²) in [6.07, 6.45) is 0. The predicted octanol–water partition coefficient (Wildman–Crippen LogP) is 3.90. The van der Waals surface area contributed by atoms with Crippen LogP contribution < -0.4 is 15.4 Å². The van der Waals surface area contributed by atoms with Gasteiger partial charge in [-0.2, -0.15) is 0 Å². The lowest BCUT2D eigenvalue weighted by Gasteiger charge is -2.28. The SMILES string of the molecule is COCc1ccccc1NC(=O)NC(C)(C)c1ccccc1OC. The molecule has 0 fully saturated rings. The molecule has 0 aromatic heterocycles. The third kappa shape index (κ3) is 4.26. The van der Waals surface area contributed by atoms with E-state index in [0.29, 0.717) is 6.61 Å². The normalized spacial score (nSPS) is 11.0. The molecule has 0 aliphatic rings. The predicted molar refractivity (Wildman–Crippen MR) is 95.3 cm³/mol. The molecule has 0 saturated heterocycles. The zero-order valence-electron chi connectivity index (χ0n) is 14.6. The molecule has 128 valence electrons. The molecule has 0 atom stereocenters. The summed E-state index contributed by atoms with van der Waals surface area (Å²) in [5.74, 6) is 0.739. The van der Waals surface area contributed by atoms with Crippen LogP contribution in [0.2, 0.25) is 0 Å². The van der Waals surface area contributed by atoms with Crippen LogP contribution in [0.3, 0.4) is 0 Å². The molecule has 0 spiro atoms. The van der Waals surface area contributed by atoms with Crippen molar-refractivity contribution in [1.29, 1.82) is 0 Å². The highest BCUT2D eigenvalue weighted by Gasteiger charge is 2.26. The number of ether oxygens (including phenoxy) is 2. The Bertz CT molecular complexity index is 699. The molecule has 0 unspecified atom stereocenters. The maximum absolute atomic E-state index is 12.5. The van der Waals surface area contributed by atoms with Gasteiger partial charge in [0.15, 0.2) is 0 Å². The first kappa shape index (κ1) is 17.8. The zero-order chi connectivity index (χ0) is 17.6. The van der Waals surface area contributed by atoms with E-state index < -0.39 is 5.54 Å². The molecule has 0 aliphatic heterocycles. The average Bonchev–Trinajstić information content (AvgIpc) is 2.56. The van der Waals surface area contributed by atoms with Crippen molar-refractivity contribution in [3.63, 3.8) is 0 Å².